The van der Waals surface area contributed by atoms with Crippen molar-refractivity contribution in [2.75, 3.05) is 4.90 Å². The lowest BCUT2D eigenvalue weighted by Gasteiger charge is -2.30. The fourth-order valence-corrected chi connectivity index (χ4v) is 11.3. The van der Waals surface area contributed by atoms with E-state index in [1.807, 2.05) is 22.7 Å². The lowest BCUT2D eigenvalue weighted by atomic mass is 9.89. The van der Waals surface area contributed by atoms with Gasteiger partial charge in [0.05, 0.1) is 17.1 Å². The summed E-state index contributed by atoms with van der Waals surface area (Å²) in [6.07, 6.45) is 3.51. The third-order valence-corrected chi connectivity index (χ3v) is 13.6. The molecule has 2 aliphatic rings. The average Bonchev–Trinajstić information content (AvgIpc) is 3.93. The predicted octanol–water partition coefficient (Wildman–Crippen LogP) is 13.7. The van der Waals surface area contributed by atoms with Gasteiger partial charge in [0.2, 0.25) is 0 Å². The molecule has 2 nitrogen and oxygen atoms in total. The maximum atomic E-state index is 2.55. The summed E-state index contributed by atoms with van der Waals surface area (Å²) in [6, 6.07) is 58.8. The summed E-state index contributed by atoms with van der Waals surface area (Å²) in [5.74, 6) is 0. The molecule has 7 aromatic carbocycles. The summed E-state index contributed by atoms with van der Waals surface area (Å²) >= 11 is 3.85. The van der Waals surface area contributed by atoms with Crippen LogP contribution < -0.4 is 4.90 Å². The maximum absolute atomic E-state index is 2.55. The van der Waals surface area contributed by atoms with Gasteiger partial charge in [0, 0.05) is 75.0 Å². The molecule has 1 aliphatic heterocycles. The molecule has 1 atom stereocenters. The lowest BCUT2D eigenvalue weighted by Crippen LogP contribution is -2.30. The highest BCUT2D eigenvalue weighted by Crippen LogP contribution is 2.51. The van der Waals surface area contributed by atoms with Crippen molar-refractivity contribution in [1.29, 1.82) is 0 Å². The van der Waals surface area contributed by atoms with E-state index in [1.165, 1.54) is 102 Å². The van der Waals surface area contributed by atoms with E-state index in [2.05, 4.69) is 173 Å². The first kappa shape index (κ1) is 28.7. The van der Waals surface area contributed by atoms with Crippen LogP contribution in [-0.2, 0) is 6.42 Å². The maximum Gasteiger partial charge on any atom is 0.0647 e. The summed E-state index contributed by atoms with van der Waals surface area (Å²) in [4.78, 5) is 4.02. The van der Waals surface area contributed by atoms with E-state index in [0.717, 1.165) is 6.42 Å². The molecule has 0 amide bonds. The largest absolute Gasteiger partial charge is 0.333 e. The van der Waals surface area contributed by atoms with Crippen molar-refractivity contribution in [1.82, 2.24) is 4.57 Å². The molecule has 0 N–H and O–H groups in total. The van der Waals surface area contributed by atoms with Gasteiger partial charge in [0.15, 0.2) is 0 Å². The number of thiophene rings is 2. The van der Waals surface area contributed by atoms with E-state index >= 15 is 0 Å². The Hall–Kier alpha value is -5.94. The number of benzene rings is 7. The SMILES string of the molecule is C1=C2c3ccccc3N(c3ccccc3)C2Cc2sc3ccc(-c4ccc5c(c4)c4cc6c(cc4n5-c4ccccc4)sc4ccccc46)cc3c21. The molecule has 0 bridgehead atoms. The molecule has 52 heavy (non-hydrogen) atoms. The molecule has 10 aromatic rings. The second-order valence-corrected chi connectivity index (χ2v) is 16.3. The molecule has 0 saturated heterocycles. The molecule has 244 valence electrons. The van der Waals surface area contributed by atoms with E-state index in [1.54, 1.807) is 0 Å². The summed E-state index contributed by atoms with van der Waals surface area (Å²) in [5.41, 5.74) is 12.9. The van der Waals surface area contributed by atoms with Gasteiger partial charge in [0.25, 0.3) is 0 Å². The summed E-state index contributed by atoms with van der Waals surface area (Å²) < 4.78 is 6.47. The van der Waals surface area contributed by atoms with Gasteiger partial charge in [-0.05, 0) is 101 Å². The Morgan fingerprint density at radius 1 is 0.481 bits per heavy atom. The normalized spacial score (nSPS) is 15.1. The Bertz CT molecular complexity index is 3110. The van der Waals surface area contributed by atoms with Gasteiger partial charge in [-0.3, -0.25) is 0 Å². The Morgan fingerprint density at radius 2 is 1.17 bits per heavy atom. The quantitative estimate of drug-likeness (QED) is 0.178. The van der Waals surface area contributed by atoms with Crippen LogP contribution in [0.2, 0.25) is 0 Å². The monoisotopic (exact) mass is 698 g/mol. The van der Waals surface area contributed by atoms with Crippen molar-refractivity contribution < 1.29 is 0 Å². The first-order valence-corrected chi connectivity index (χ1v) is 19.6. The highest BCUT2D eigenvalue weighted by Gasteiger charge is 2.38. The smallest absolute Gasteiger partial charge is 0.0647 e. The molecule has 0 spiro atoms. The fraction of sp³-hybridized carbons (Fsp3) is 0.0417. The number of anilines is 2. The predicted molar refractivity (Wildman–Crippen MR) is 225 cm³/mol. The molecule has 1 aliphatic carbocycles. The van der Waals surface area contributed by atoms with Gasteiger partial charge in [0.1, 0.15) is 0 Å². The third kappa shape index (κ3) is 4.05. The lowest BCUT2D eigenvalue weighted by molar-refractivity contribution is 0.819. The minimum Gasteiger partial charge on any atom is -0.333 e. The van der Waals surface area contributed by atoms with Crippen LogP contribution in [0.4, 0.5) is 11.4 Å². The Labute approximate surface area is 308 Å². The van der Waals surface area contributed by atoms with Gasteiger partial charge in [-0.1, -0.05) is 84.9 Å². The van der Waals surface area contributed by atoms with E-state index in [4.69, 9.17) is 0 Å². The molecule has 0 radical (unpaired) electrons. The van der Waals surface area contributed by atoms with Gasteiger partial charge < -0.3 is 9.47 Å². The van der Waals surface area contributed by atoms with Crippen LogP contribution in [0.25, 0.3) is 80.5 Å². The number of nitrogens with zero attached hydrogens (tertiary/aromatic N) is 2. The summed E-state index contributed by atoms with van der Waals surface area (Å²) in [7, 11) is 0. The number of para-hydroxylation sites is 3. The molecule has 1 unspecified atom stereocenters. The number of fused-ring (bicyclic) bond motifs is 12. The third-order valence-electron chi connectivity index (χ3n) is 11.3. The van der Waals surface area contributed by atoms with Gasteiger partial charge >= 0.3 is 0 Å². The molecule has 4 heteroatoms. The van der Waals surface area contributed by atoms with Crippen molar-refractivity contribution in [3.63, 3.8) is 0 Å². The Balaban J connectivity index is 1.03. The first-order valence-electron chi connectivity index (χ1n) is 17.9. The van der Waals surface area contributed by atoms with Crippen LogP contribution in [0.15, 0.2) is 158 Å². The van der Waals surface area contributed by atoms with Crippen LogP contribution >= 0.6 is 22.7 Å². The molecular formula is C48H30N2S2. The molecule has 4 heterocycles. The minimum absolute atomic E-state index is 0.302. The van der Waals surface area contributed by atoms with E-state index in [9.17, 15) is 0 Å². The number of hydrogen-bond donors (Lipinski definition) is 0. The van der Waals surface area contributed by atoms with Crippen molar-refractivity contribution in [3.05, 3.63) is 174 Å². The number of aromatic nitrogens is 1. The van der Waals surface area contributed by atoms with Crippen LogP contribution in [0.5, 0.6) is 0 Å². The first-order chi connectivity index (χ1) is 25.8. The van der Waals surface area contributed by atoms with Gasteiger partial charge in [-0.2, -0.15) is 0 Å². The zero-order valence-electron chi connectivity index (χ0n) is 28.1. The van der Waals surface area contributed by atoms with Crippen LogP contribution in [-0.4, -0.2) is 10.6 Å². The summed E-state index contributed by atoms with van der Waals surface area (Å²) in [5, 5.41) is 6.61. The minimum atomic E-state index is 0.302. The standard InChI is InChI=1S/C48H30N2S2/c1-3-11-31(12-4-1)49-41-17-9-7-15-33(41)36-25-40-38-24-30(20-22-46(38)52-48(40)27-43(36)49)29-19-21-42-35(23-29)37-26-39-34-16-8-10-18-45(34)51-47(39)28-44(37)50(42)32-13-5-2-6-14-32/h1-26,28,43H,27H2. The van der Waals surface area contributed by atoms with E-state index in [0.29, 0.717) is 6.04 Å². The fourth-order valence-electron chi connectivity index (χ4n) is 8.96. The number of rotatable bonds is 3. The van der Waals surface area contributed by atoms with Gasteiger partial charge in [-0.15, -0.1) is 22.7 Å². The van der Waals surface area contributed by atoms with Crippen molar-refractivity contribution in [2.45, 2.75) is 12.5 Å². The van der Waals surface area contributed by atoms with Crippen LogP contribution in [0.1, 0.15) is 16.0 Å². The van der Waals surface area contributed by atoms with Crippen LogP contribution in [0.3, 0.4) is 0 Å². The summed E-state index contributed by atoms with van der Waals surface area (Å²) in [6.45, 7) is 0. The van der Waals surface area contributed by atoms with Crippen molar-refractivity contribution in [3.8, 4) is 16.8 Å². The zero-order chi connectivity index (χ0) is 33.9. The topological polar surface area (TPSA) is 8.17 Å². The van der Waals surface area contributed by atoms with E-state index in [-0.39, 0.29) is 0 Å². The van der Waals surface area contributed by atoms with Crippen molar-refractivity contribution >= 4 is 97.8 Å². The van der Waals surface area contributed by atoms with Crippen molar-refractivity contribution in [2.24, 2.45) is 0 Å². The molecular weight excluding hydrogens is 669 g/mol. The Kier molecular flexibility index (Phi) is 5.96. The highest BCUT2D eigenvalue weighted by molar-refractivity contribution is 7.25. The molecule has 12 rings (SSSR count). The second kappa shape index (κ2) is 10.8. The van der Waals surface area contributed by atoms with Crippen LogP contribution in [0, 0.1) is 0 Å². The molecule has 0 saturated carbocycles. The number of hydrogen-bond acceptors (Lipinski definition) is 3. The van der Waals surface area contributed by atoms with Gasteiger partial charge in [-0.25, -0.2) is 0 Å². The zero-order valence-corrected chi connectivity index (χ0v) is 29.7. The highest BCUT2D eigenvalue weighted by atomic mass is 32.1. The van der Waals surface area contributed by atoms with E-state index < -0.39 is 0 Å². The Morgan fingerprint density at radius 3 is 2.04 bits per heavy atom. The average molecular weight is 699 g/mol. The molecule has 0 fully saturated rings. The molecule has 3 aromatic heterocycles. The second-order valence-electron chi connectivity index (χ2n) is 14.1.